The third kappa shape index (κ3) is 2.26. The highest BCUT2D eigenvalue weighted by Gasteiger charge is 2.27. The van der Waals surface area contributed by atoms with E-state index in [1.807, 2.05) is 24.3 Å². The maximum absolute atomic E-state index is 11.6. The van der Waals surface area contributed by atoms with Crippen LogP contribution in [0.25, 0.3) is 10.4 Å². The van der Waals surface area contributed by atoms with E-state index in [0.29, 0.717) is 12.2 Å². The van der Waals surface area contributed by atoms with Gasteiger partial charge < -0.3 is 9.29 Å². The van der Waals surface area contributed by atoms with Crippen molar-refractivity contribution in [1.29, 1.82) is 0 Å². The number of aryl methyl sites for hydroxylation is 1. The molecule has 1 heterocycles. The van der Waals surface area contributed by atoms with Crippen molar-refractivity contribution in [3.8, 4) is 10.4 Å². The first-order valence-electron chi connectivity index (χ1n) is 6.45. The lowest BCUT2D eigenvalue weighted by Gasteiger charge is -2.08. The zero-order valence-electron chi connectivity index (χ0n) is 10.8. The number of rotatable bonds is 4. The van der Waals surface area contributed by atoms with Crippen molar-refractivity contribution in [2.45, 2.75) is 25.9 Å². The Balaban J connectivity index is 2.18. The molecule has 5 heteroatoms. The first-order valence-corrected chi connectivity index (χ1v) is 7.63. The Bertz CT molecular complexity index is 661. The molecule has 0 fully saturated rings. The van der Waals surface area contributed by atoms with Gasteiger partial charge in [-0.1, -0.05) is 24.3 Å². The van der Waals surface area contributed by atoms with Gasteiger partial charge in [0, 0.05) is 9.75 Å². The molecule has 3 rings (SSSR count). The largest absolute Gasteiger partial charge is 0.478 e. The van der Waals surface area contributed by atoms with Crippen molar-refractivity contribution >= 4 is 30.2 Å². The molecule has 1 N–H and O–H groups in total. The summed E-state index contributed by atoms with van der Waals surface area (Å²) >= 11 is 5.41. The van der Waals surface area contributed by atoms with Crippen LogP contribution in [0, 0.1) is 0 Å². The van der Waals surface area contributed by atoms with Crippen LogP contribution in [0.15, 0.2) is 24.3 Å². The molecular weight excluding hydrogens is 292 g/mol. The van der Waals surface area contributed by atoms with Gasteiger partial charge in [0.05, 0.1) is 12.2 Å². The Morgan fingerprint density at radius 1 is 1.35 bits per heavy atom. The Kier molecular flexibility index (Phi) is 3.83. The molecule has 0 saturated heterocycles. The molecular formula is C15H14O3S2. The Morgan fingerprint density at radius 3 is 2.90 bits per heavy atom. The summed E-state index contributed by atoms with van der Waals surface area (Å²) in [7, 11) is 0. The molecule has 1 aromatic carbocycles. The fourth-order valence-electron chi connectivity index (χ4n) is 2.76. The van der Waals surface area contributed by atoms with Gasteiger partial charge in [-0.2, -0.15) is 0 Å². The topological polar surface area (TPSA) is 46.5 Å². The van der Waals surface area contributed by atoms with Crippen LogP contribution in [0.2, 0.25) is 0 Å². The Hall–Kier alpha value is -1.30. The van der Waals surface area contributed by atoms with Crippen molar-refractivity contribution in [2.75, 3.05) is 0 Å². The third-order valence-electron chi connectivity index (χ3n) is 3.62. The zero-order valence-corrected chi connectivity index (χ0v) is 12.5. The van der Waals surface area contributed by atoms with Gasteiger partial charge in [0.1, 0.15) is 0 Å². The van der Waals surface area contributed by atoms with Crippen LogP contribution in [0.5, 0.6) is 0 Å². The number of hydrogen-bond donors (Lipinski definition) is 2. The number of aromatic carboxylic acids is 1. The van der Waals surface area contributed by atoms with E-state index in [1.54, 1.807) is 11.3 Å². The normalized spacial score (nSPS) is 13.4. The molecule has 3 nitrogen and oxygen atoms in total. The van der Waals surface area contributed by atoms with Gasteiger partial charge in [0.25, 0.3) is 0 Å². The molecule has 0 amide bonds. The number of carboxylic acids is 1. The average Bonchev–Trinajstić information content (AvgIpc) is 2.99. The number of thiol groups is 1. The van der Waals surface area contributed by atoms with Crippen LogP contribution < -0.4 is 0 Å². The smallest absolute Gasteiger partial charge is 0.337 e. The second-order valence-electron chi connectivity index (χ2n) is 4.80. The van der Waals surface area contributed by atoms with Gasteiger partial charge >= 0.3 is 5.97 Å². The first kappa shape index (κ1) is 13.7. The molecule has 0 radical (unpaired) electrons. The highest BCUT2D eigenvalue weighted by molar-refractivity contribution is 7.75. The molecule has 104 valence electrons. The quantitative estimate of drug-likeness (QED) is 0.664. The summed E-state index contributed by atoms with van der Waals surface area (Å²) in [5.74, 6) is -0.832. The first-order chi connectivity index (χ1) is 9.72. The van der Waals surface area contributed by atoms with E-state index in [9.17, 15) is 9.90 Å². The van der Waals surface area contributed by atoms with E-state index < -0.39 is 5.97 Å². The minimum atomic E-state index is -0.832. The summed E-state index contributed by atoms with van der Waals surface area (Å²) in [6.07, 6.45) is 2.92. The van der Waals surface area contributed by atoms with Crippen molar-refractivity contribution in [3.63, 3.8) is 0 Å². The summed E-state index contributed by atoms with van der Waals surface area (Å²) in [4.78, 5) is 13.7. The van der Waals surface area contributed by atoms with Gasteiger partial charge in [0.2, 0.25) is 0 Å². The van der Waals surface area contributed by atoms with Crippen LogP contribution >= 0.6 is 24.2 Å². The number of carboxylic acid groups (broad SMARTS) is 1. The van der Waals surface area contributed by atoms with Crippen molar-refractivity contribution in [1.82, 2.24) is 0 Å². The lowest BCUT2D eigenvalue weighted by Crippen LogP contribution is -2.01. The SMILES string of the molecule is O=C(O)c1c(-c2ccccc2COS)sc2c1CCC2. The average molecular weight is 306 g/mol. The van der Waals surface area contributed by atoms with E-state index in [2.05, 4.69) is 12.9 Å². The summed E-state index contributed by atoms with van der Waals surface area (Å²) in [6, 6.07) is 7.75. The molecule has 0 saturated carbocycles. The lowest BCUT2D eigenvalue weighted by molar-refractivity contribution is 0.0697. The molecule has 0 spiro atoms. The van der Waals surface area contributed by atoms with Crippen LogP contribution in [-0.4, -0.2) is 11.1 Å². The Labute approximate surface area is 126 Å². The maximum Gasteiger partial charge on any atom is 0.337 e. The van der Waals surface area contributed by atoms with Gasteiger partial charge in [0.15, 0.2) is 0 Å². The second kappa shape index (κ2) is 5.60. The number of benzene rings is 1. The molecule has 0 aliphatic heterocycles. The molecule has 2 aromatic rings. The van der Waals surface area contributed by atoms with Gasteiger partial charge in [-0.25, -0.2) is 4.79 Å². The Morgan fingerprint density at radius 2 is 2.15 bits per heavy atom. The fourth-order valence-corrected chi connectivity index (χ4v) is 4.34. The van der Waals surface area contributed by atoms with E-state index >= 15 is 0 Å². The van der Waals surface area contributed by atoms with Gasteiger partial charge in [-0.05, 0) is 48.9 Å². The van der Waals surface area contributed by atoms with E-state index in [-0.39, 0.29) is 0 Å². The molecule has 0 unspecified atom stereocenters. The highest BCUT2D eigenvalue weighted by atomic mass is 32.1. The summed E-state index contributed by atoms with van der Waals surface area (Å²) in [6.45, 7) is 0.362. The van der Waals surface area contributed by atoms with Crippen LogP contribution in [0.4, 0.5) is 0 Å². The standard InChI is InChI=1S/C15H14O3S2/c16-15(17)13-11-6-3-7-12(11)20-14(13)10-5-2-1-4-9(10)8-18-19/h1-2,4-5,19H,3,6-8H2,(H,16,17). The van der Waals surface area contributed by atoms with Crippen LogP contribution in [0.1, 0.15) is 32.8 Å². The monoisotopic (exact) mass is 306 g/mol. The van der Waals surface area contributed by atoms with Crippen molar-refractivity contribution in [3.05, 3.63) is 45.8 Å². The van der Waals surface area contributed by atoms with Gasteiger partial charge in [-0.15, -0.1) is 11.3 Å². The highest BCUT2D eigenvalue weighted by Crippen LogP contribution is 2.42. The predicted molar refractivity (Wildman–Crippen MR) is 82.5 cm³/mol. The number of thiophene rings is 1. The second-order valence-corrected chi connectivity index (χ2v) is 6.16. The van der Waals surface area contributed by atoms with Crippen LogP contribution in [0.3, 0.4) is 0 Å². The molecule has 1 aliphatic rings. The van der Waals surface area contributed by atoms with E-state index in [0.717, 1.165) is 40.8 Å². The predicted octanol–water partition coefficient (Wildman–Crippen LogP) is 3.96. The maximum atomic E-state index is 11.6. The molecule has 20 heavy (non-hydrogen) atoms. The van der Waals surface area contributed by atoms with Crippen molar-refractivity contribution < 1.29 is 14.1 Å². The number of fused-ring (bicyclic) bond motifs is 1. The van der Waals surface area contributed by atoms with Crippen LogP contribution in [-0.2, 0) is 23.6 Å². The zero-order chi connectivity index (χ0) is 14.1. The summed E-state index contributed by atoms with van der Waals surface area (Å²) < 4.78 is 4.92. The lowest BCUT2D eigenvalue weighted by atomic mass is 10.0. The van der Waals surface area contributed by atoms with E-state index in [1.165, 1.54) is 4.88 Å². The number of hydrogen-bond acceptors (Lipinski definition) is 4. The third-order valence-corrected chi connectivity index (χ3v) is 5.07. The summed E-state index contributed by atoms with van der Waals surface area (Å²) in [5, 5.41) is 9.56. The molecule has 1 aromatic heterocycles. The fraction of sp³-hybridized carbons (Fsp3) is 0.267. The summed E-state index contributed by atoms with van der Waals surface area (Å²) in [5.41, 5.74) is 3.41. The molecule has 0 atom stereocenters. The molecule has 0 bridgehead atoms. The minimum absolute atomic E-state index is 0.362. The minimum Gasteiger partial charge on any atom is -0.478 e. The van der Waals surface area contributed by atoms with Gasteiger partial charge in [-0.3, -0.25) is 0 Å². The van der Waals surface area contributed by atoms with Crippen molar-refractivity contribution in [2.24, 2.45) is 0 Å². The number of carbonyl (C=O) groups is 1. The van der Waals surface area contributed by atoms with E-state index in [4.69, 9.17) is 4.18 Å². The molecule has 1 aliphatic carbocycles.